The molecule has 9 heteroatoms. The summed E-state index contributed by atoms with van der Waals surface area (Å²) in [6, 6.07) is 18.4. The molecule has 2 aromatic carbocycles. The largest absolute Gasteiger partial charge is 0.467 e. The van der Waals surface area contributed by atoms with Crippen molar-refractivity contribution in [2.75, 3.05) is 5.32 Å². The topological polar surface area (TPSA) is 87.3 Å². The van der Waals surface area contributed by atoms with Crippen molar-refractivity contribution < 1.29 is 14.0 Å². The summed E-state index contributed by atoms with van der Waals surface area (Å²) in [5, 5.41) is 9.85. The minimum atomic E-state index is -0.604. The Bertz CT molecular complexity index is 1270. The van der Waals surface area contributed by atoms with Crippen LogP contribution >= 0.6 is 23.4 Å². The third-order valence-electron chi connectivity index (χ3n) is 5.59. The van der Waals surface area contributed by atoms with Gasteiger partial charge in [-0.25, -0.2) is 5.01 Å². The van der Waals surface area contributed by atoms with Gasteiger partial charge < -0.3 is 9.73 Å². The van der Waals surface area contributed by atoms with Crippen molar-refractivity contribution in [3.8, 4) is 0 Å². The van der Waals surface area contributed by atoms with Crippen molar-refractivity contribution in [1.29, 1.82) is 0 Å². The molecule has 0 saturated heterocycles. The van der Waals surface area contributed by atoms with Gasteiger partial charge in [-0.2, -0.15) is 10.1 Å². The van der Waals surface area contributed by atoms with Crippen LogP contribution < -0.4 is 5.32 Å². The number of nitrogens with one attached hydrogen (secondary N) is 1. The van der Waals surface area contributed by atoms with Crippen LogP contribution in [0.2, 0.25) is 5.02 Å². The zero-order valence-corrected chi connectivity index (χ0v) is 19.8. The summed E-state index contributed by atoms with van der Waals surface area (Å²) in [5.41, 5.74) is 3.58. The molecule has 2 atom stereocenters. The lowest BCUT2D eigenvalue weighted by atomic mass is 10.0. The number of amidine groups is 1. The van der Waals surface area contributed by atoms with E-state index in [0.29, 0.717) is 22.3 Å². The Hall–Kier alpha value is -3.36. The average Bonchev–Trinajstić information content (AvgIpc) is 3.56. The maximum atomic E-state index is 12.7. The number of hydrogen-bond acceptors (Lipinski definition) is 6. The lowest BCUT2D eigenvalue weighted by Crippen LogP contribution is -2.24. The fraction of sp³-hybridized carbons (Fsp3) is 0.200. The van der Waals surface area contributed by atoms with Crippen LogP contribution in [-0.2, 0) is 9.59 Å². The summed E-state index contributed by atoms with van der Waals surface area (Å²) in [6.07, 6.45) is 2.22. The van der Waals surface area contributed by atoms with Crippen molar-refractivity contribution in [2.45, 2.75) is 31.1 Å². The maximum absolute atomic E-state index is 12.7. The number of rotatable bonds is 5. The first-order valence-electron chi connectivity index (χ1n) is 10.8. The van der Waals surface area contributed by atoms with Crippen LogP contribution in [0.1, 0.15) is 35.8 Å². The smallest absolute Gasteiger partial charge is 0.262 e. The minimum Gasteiger partial charge on any atom is -0.467 e. The van der Waals surface area contributed by atoms with Crippen molar-refractivity contribution in [2.24, 2.45) is 10.1 Å². The van der Waals surface area contributed by atoms with Crippen LogP contribution in [0.4, 0.5) is 5.69 Å². The van der Waals surface area contributed by atoms with Crippen molar-refractivity contribution >= 4 is 51.7 Å². The molecule has 172 valence electrons. The molecular weight excluding hydrogens is 472 g/mol. The number of benzene rings is 2. The van der Waals surface area contributed by atoms with Gasteiger partial charge in [-0.1, -0.05) is 53.2 Å². The van der Waals surface area contributed by atoms with Crippen molar-refractivity contribution in [3.05, 3.63) is 88.8 Å². The van der Waals surface area contributed by atoms with E-state index in [4.69, 9.17) is 21.1 Å². The van der Waals surface area contributed by atoms with E-state index in [9.17, 15) is 9.59 Å². The first kappa shape index (κ1) is 22.4. The molecule has 0 bridgehead atoms. The number of aryl methyl sites for hydroxylation is 1. The number of anilines is 1. The second kappa shape index (κ2) is 9.48. The Balaban J connectivity index is 1.32. The van der Waals surface area contributed by atoms with E-state index in [1.165, 1.54) is 11.8 Å². The monoisotopic (exact) mass is 492 g/mol. The minimum absolute atomic E-state index is 0.0252. The first-order chi connectivity index (χ1) is 16.5. The molecule has 0 radical (unpaired) electrons. The summed E-state index contributed by atoms with van der Waals surface area (Å²) >= 11 is 7.29. The molecule has 2 aliphatic heterocycles. The first-order valence-corrected chi connectivity index (χ1v) is 12.0. The van der Waals surface area contributed by atoms with Crippen LogP contribution in [0, 0.1) is 6.92 Å². The van der Waals surface area contributed by atoms with Crippen LogP contribution in [0.3, 0.4) is 0 Å². The molecular formula is C25H21ClN4O3S. The van der Waals surface area contributed by atoms with Gasteiger partial charge in [0, 0.05) is 23.6 Å². The molecule has 0 unspecified atom stereocenters. The quantitative estimate of drug-likeness (QED) is 0.514. The number of thioether (sulfide) groups is 1. The van der Waals surface area contributed by atoms with E-state index >= 15 is 0 Å². The SMILES string of the molecule is Cc1ccc(NC(=O)C[C@H]2SC(N3N=C(c4ccc(Cl)cc4)C[C@@H]3c3ccco3)=NC2=O)cc1. The predicted octanol–water partition coefficient (Wildman–Crippen LogP) is 5.42. The number of nitrogens with zero attached hydrogens (tertiary/aromatic N) is 3. The highest BCUT2D eigenvalue weighted by Gasteiger charge is 2.40. The normalized spacial score (nSPS) is 19.8. The highest BCUT2D eigenvalue weighted by Crippen LogP contribution is 2.38. The molecule has 1 N–H and O–H groups in total. The molecule has 0 spiro atoms. The van der Waals surface area contributed by atoms with E-state index in [1.807, 2.05) is 67.6 Å². The average molecular weight is 493 g/mol. The Morgan fingerprint density at radius 1 is 1.18 bits per heavy atom. The standard InChI is InChI=1S/C25H21ClN4O3S/c1-15-4-10-18(11-5-15)27-23(31)14-22-24(32)28-25(34-22)30-20(21-3-2-12-33-21)13-19(29-30)16-6-8-17(26)9-7-16/h2-12,20,22H,13-14H2,1H3,(H,27,31)/t20-,22-/m1/s1. The van der Waals surface area contributed by atoms with Gasteiger partial charge in [0.2, 0.25) is 5.91 Å². The summed E-state index contributed by atoms with van der Waals surface area (Å²) in [7, 11) is 0. The Morgan fingerprint density at radius 3 is 2.65 bits per heavy atom. The Kier molecular flexibility index (Phi) is 6.26. The molecule has 0 fully saturated rings. The van der Waals surface area contributed by atoms with Gasteiger partial charge in [0.15, 0.2) is 5.17 Å². The molecule has 3 heterocycles. The van der Waals surface area contributed by atoms with E-state index in [-0.39, 0.29) is 24.3 Å². The number of hydrogen-bond donors (Lipinski definition) is 1. The van der Waals surface area contributed by atoms with Crippen LogP contribution in [0.15, 0.2) is 81.4 Å². The predicted molar refractivity (Wildman–Crippen MR) is 134 cm³/mol. The molecule has 2 aliphatic rings. The maximum Gasteiger partial charge on any atom is 0.262 e. The lowest BCUT2D eigenvalue weighted by molar-refractivity contribution is -0.121. The number of carbonyl (C=O) groups excluding carboxylic acids is 2. The second-order valence-electron chi connectivity index (χ2n) is 8.09. The highest BCUT2D eigenvalue weighted by atomic mass is 35.5. The molecule has 7 nitrogen and oxygen atoms in total. The zero-order chi connectivity index (χ0) is 23.7. The van der Waals surface area contributed by atoms with E-state index in [0.717, 1.165) is 22.6 Å². The van der Waals surface area contributed by atoms with Gasteiger partial charge in [-0.15, -0.1) is 0 Å². The molecule has 0 aliphatic carbocycles. The van der Waals surface area contributed by atoms with Gasteiger partial charge >= 0.3 is 0 Å². The lowest BCUT2D eigenvalue weighted by Gasteiger charge is -2.20. The molecule has 5 rings (SSSR count). The summed E-state index contributed by atoms with van der Waals surface area (Å²) in [6.45, 7) is 1.98. The van der Waals surface area contributed by atoms with Crippen molar-refractivity contribution in [3.63, 3.8) is 0 Å². The van der Waals surface area contributed by atoms with Gasteiger partial charge in [0.05, 0.1) is 12.0 Å². The summed E-state index contributed by atoms with van der Waals surface area (Å²) in [4.78, 5) is 29.4. The van der Waals surface area contributed by atoms with Gasteiger partial charge in [0.25, 0.3) is 5.91 Å². The fourth-order valence-corrected chi connectivity index (χ4v) is 5.02. The number of amides is 2. The van der Waals surface area contributed by atoms with Crippen molar-refractivity contribution in [1.82, 2.24) is 5.01 Å². The number of furan rings is 1. The molecule has 0 saturated carbocycles. The third-order valence-corrected chi connectivity index (χ3v) is 6.98. The number of halogens is 1. The van der Waals surface area contributed by atoms with E-state index in [2.05, 4.69) is 10.3 Å². The van der Waals surface area contributed by atoms with E-state index < -0.39 is 5.25 Å². The second-order valence-corrected chi connectivity index (χ2v) is 9.70. The zero-order valence-electron chi connectivity index (χ0n) is 18.3. The molecule has 3 aromatic rings. The Morgan fingerprint density at radius 2 is 1.94 bits per heavy atom. The van der Waals surface area contributed by atoms with Crippen LogP contribution in [-0.4, -0.2) is 33.0 Å². The number of aliphatic imine (C=N–C) groups is 1. The molecule has 34 heavy (non-hydrogen) atoms. The van der Waals surface area contributed by atoms with Gasteiger partial charge in [-0.05, 0) is 48.9 Å². The highest BCUT2D eigenvalue weighted by molar-refractivity contribution is 8.15. The molecule has 2 amide bonds. The van der Waals surface area contributed by atoms with Crippen LogP contribution in [0.25, 0.3) is 0 Å². The number of carbonyl (C=O) groups is 2. The van der Waals surface area contributed by atoms with Crippen LogP contribution in [0.5, 0.6) is 0 Å². The summed E-state index contributed by atoms with van der Waals surface area (Å²) in [5.74, 6) is 0.150. The Labute approximate surface area is 205 Å². The van der Waals surface area contributed by atoms with E-state index in [1.54, 1.807) is 11.3 Å². The van der Waals surface area contributed by atoms with Gasteiger partial charge in [0.1, 0.15) is 17.1 Å². The van der Waals surface area contributed by atoms with Gasteiger partial charge in [-0.3, -0.25) is 9.59 Å². The fourth-order valence-electron chi connectivity index (χ4n) is 3.83. The molecule has 1 aromatic heterocycles. The third kappa shape index (κ3) is 4.78. The number of hydrazone groups is 1. The summed E-state index contributed by atoms with van der Waals surface area (Å²) < 4.78 is 5.65.